The molecule has 1 amide bonds. The number of ether oxygens (including phenoxy) is 1. The monoisotopic (exact) mass is 408 g/mol. The van der Waals surface area contributed by atoms with Crippen LogP contribution in [-0.4, -0.2) is 33.7 Å². The van der Waals surface area contributed by atoms with Crippen molar-refractivity contribution in [1.82, 2.24) is 15.4 Å². The van der Waals surface area contributed by atoms with Gasteiger partial charge in [-0.2, -0.15) is 0 Å². The van der Waals surface area contributed by atoms with E-state index in [-0.39, 0.29) is 17.1 Å². The number of pyridine rings is 1. The number of benzene rings is 2. The molecule has 0 aliphatic heterocycles. The minimum atomic E-state index is -0.304. The van der Waals surface area contributed by atoms with Gasteiger partial charge in [-0.1, -0.05) is 30.3 Å². The van der Waals surface area contributed by atoms with Gasteiger partial charge in [0.25, 0.3) is 5.91 Å². The van der Waals surface area contributed by atoms with Crippen molar-refractivity contribution in [2.45, 2.75) is 26.9 Å². The summed E-state index contributed by atoms with van der Waals surface area (Å²) in [6.45, 7) is 6.26. The summed E-state index contributed by atoms with van der Waals surface area (Å²) in [6.07, 6.45) is 0.0167. The molecule has 0 aliphatic carbocycles. The van der Waals surface area contributed by atoms with Crippen LogP contribution in [0.2, 0.25) is 0 Å². The highest BCUT2D eigenvalue weighted by atomic mass is 32.1. The number of fused-ring (bicyclic) bond motifs is 1. The fourth-order valence-electron chi connectivity index (χ4n) is 3.01. The van der Waals surface area contributed by atoms with Crippen LogP contribution in [-0.2, 0) is 0 Å². The van der Waals surface area contributed by atoms with Crippen molar-refractivity contribution in [2.24, 2.45) is 5.73 Å². The lowest BCUT2D eigenvalue weighted by Crippen LogP contribution is -2.48. The van der Waals surface area contributed by atoms with Gasteiger partial charge in [0.15, 0.2) is 5.11 Å². The van der Waals surface area contributed by atoms with Gasteiger partial charge in [0.2, 0.25) is 0 Å². The van der Waals surface area contributed by atoms with Crippen LogP contribution in [0.3, 0.4) is 0 Å². The molecule has 0 unspecified atom stereocenters. The van der Waals surface area contributed by atoms with E-state index in [1.54, 1.807) is 6.07 Å². The van der Waals surface area contributed by atoms with E-state index < -0.39 is 0 Å². The summed E-state index contributed by atoms with van der Waals surface area (Å²) in [4.78, 5) is 17.8. The Labute approximate surface area is 175 Å². The van der Waals surface area contributed by atoms with Crippen molar-refractivity contribution in [3.05, 3.63) is 60.2 Å². The van der Waals surface area contributed by atoms with E-state index in [1.807, 2.05) is 69.3 Å². The van der Waals surface area contributed by atoms with E-state index >= 15 is 0 Å². The number of hydrazine groups is 1. The van der Waals surface area contributed by atoms with Crippen molar-refractivity contribution in [2.75, 3.05) is 6.54 Å². The molecule has 7 heteroatoms. The number of nitrogens with zero attached hydrogens (tertiary/aromatic N) is 2. The molecular weight excluding hydrogens is 384 g/mol. The highest BCUT2D eigenvalue weighted by molar-refractivity contribution is 7.80. The number of rotatable bonds is 5. The highest BCUT2D eigenvalue weighted by Gasteiger charge is 2.18. The van der Waals surface area contributed by atoms with Crippen LogP contribution in [0.25, 0.3) is 22.2 Å². The Morgan fingerprint density at radius 2 is 1.90 bits per heavy atom. The van der Waals surface area contributed by atoms with E-state index in [2.05, 4.69) is 5.43 Å². The smallest absolute Gasteiger partial charge is 0.270 e. The fraction of sp³-hybridized carbons (Fsp3) is 0.227. The number of nitrogens with one attached hydrogen (secondary N) is 1. The molecule has 3 aromatic rings. The molecular formula is C22H24N4O2S. The van der Waals surface area contributed by atoms with Gasteiger partial charge in [-0.3, -0.25) is 15.2 Å². The SMILES string of the molecule is CCN(NC(=O)c1cc(-c2ccccc2OC(C)C)nc2ccccc12)C(N)=S. The summed E-state index contributed by atoms with van der Waals surface area (Å²) < 4.78 is 5.94. The summed E-state index contributed by atoms with van der Waals surface area (Å²) in [5, 5.41) is 2.28. The van der Waals surface area contributed by atoms with Gasteiger partial charge in [0.1, 0.15) is 5.75 Å². The van der Waals surface area contributed by atoms with Gasteiger partial charge >= 0.3 is 0 Å². The third-order valence-corrected chi connectivity index (χ3v) is 4.53. The lowest BCUT2D eigenvalue weighted by molar-refractivity contribution is 0.0876. The predicted molar refractivity (Wildman–Crippen MR) is 120 cm³/mol. The molecule has 0 saturated carbocycles. The molecule has 29 heavy (non-hydrogen) atoms. The van der Waals surface area contributed by atoms with Crippen LogP contribution < -0.4 is 15.9 Å². The van der Waals surface area contributed by atoms with Crippen LogP contribution in [0, 0.1) is 0 Å². The molecule has 150 valence electrons. The molecule has 3 N–H and O–H groups in total. The Bertz CT molecular complexity index is 1050. The second-order valence-corrected chi connectivity index (χ2v) is 7.18. The van der Waals surface area contributed by atoms with Crippen molar-refractivity contribution in [1.29, 1.82) is 0 Å². The Kier molecular flexibility index (Phi) is 6.29. The first-order chi connectivity index (χ1) is 13.9. The maximum atomic E-state index is 13.1. The average Bonchev–Trinajstić information content (AvgIpc) is 2.70. The summed E-state index contributed by atoms with van der Waals surface area (Å²) in [5.74, 6) is 0.414. The number of thiocarbonyl (C=S) groups is 1. The standard InChI is InChI=1S/C22H24N4O2S/c1-4-26(22(23)29)25-21(27)17-13-19(24-18-11-7-5-9-15(17)18)16-10-6-8-12-20(16)28-14(2)3/h5-14H,4H2,1-3H3,(H2,23,29)(H,25,27). The molecule has 0 fully saturated rings. The van der Waals surface area contributed by atoms with Crippen LogP contribution in [0.5, 0.6) is 5.75 Å². The molecule has 3 rings (SSSR count). The van der Waals surface area contributed by atoms with Crippen LogP contribution in [0.1, 0.15) is 31.1 Å². The fourth-order valence-corrected chi connectivity index (χ4v) is 3.18. The van der Waals surface area contributed by atoms with E-state index in [0.29, 0.717) is 23.3 Å². The van der Waals surface area contributed by atoms with Gasteiger partial charge in [-0.15, -0.1) is 0 Å². The van der Waals surface area contributed by atoms with Crippen LogP contribution in [0.15, 0.2) is 54.6 Å². The van der Waals surface area contributed by atoms with E-state index in [1.165, 1.54) is 5.01 Å². The first kappa shape index (κ1) is 20.5. The third kappa shape index (κ3) is 4.63. The molecule has 0 atom stereocenters. The zero-order chi connectivity index (χ0) is 21.0. The summed E-state index contributed by atoms with van der Waals surface area (Å²) in [7, 11) is 0. The second kappa shape index (κ2) is 8.87. The van der Waals surface area contributed by atoms with E-state index in [0.717, 1.165) is 16.7 Å². The topological polar surface area (TPSA) is 80.5 Å². The number of hydrogen-bond acceptors (Lipinski definition) is 4. The number of hydrogen-bond donors (Lipinski definition) is 2. The maximum Gasteiger partial charge on any atom is 0.270 e. The minimum absolute atomic E-state index is 0.0167. The highest BCUT2D eigenvalue weighted by Crippen LogP contribution is 2.32. The van der Waals surface area contributed by atoms with Crippen LogP contribution >= 0.6 is 12.2 Å². The Morgan fingerprint density at radius 1 is 1.21 bits per heavy atom. The van der Waals surface area contributed by atoms with E-state index in [9.17, 15) is 4.79 Å². The number of para-hydroxylation sites is 2. The molecule has 2 aromatic carbocycles. The predicted octanol–water partition coefficient (Wildman–Crippen LogP) is 3.90. The lowest BCUT2D eigenvalue weighted by Gasteiger charge is -2.22. The van der Waals surface area contributed by atoms with Crippen molar-refractivity contribution in [3.63, 3.8) is 0 Å². The molecule has 1 heterocycles. The zero-order valence-corrected chi connectivity index (χ0v) is 17.5. The molecule has 1 aromatic heterocycles. The second-order valence-electron chi connectivity index (χ2n) is 6.76. The maximum absolute atomic E-state index is 13.1. The molecule has 0 spiro atoms. The molecule has 0 aliphatic rings. The number of carbonyl (C=O) groups excluding carboxylic acids is 1. The minimum Gasteiger partial charge on any atom is -0.490 e. The first-order valence-corrected chi connectivity index (χ1v) is 9.85. The Balaban J connectivity index is 2.13. The lowest BCUT2D eigenvalue weighted by atomic mass is 10.0. The van der Waals surface area contributed by atoms with Crippen molar-refractivity contribution < 1.29 is 9.53 Å². The molecule has 0 bridgehead atoms. The molecule has 0 saturated heterocycles. The third-order valence-electron chi connectivity index (χ3n) is 4.31. The van der Waals surface area contributed by atoms with Crippen LogP contribution in [0.4, 0.5) is 0 Å². The zero-order valence-electron chi connectivity index (χ0n) is 16.7. The van der Waals surface area contributed by atoms with Crippen molar-refractivity contribution >= 4 is 34.1 Å². The Hall–Kier alpha value is -3.19. The first-order valence-electron chi connectivity index (χ1n) is 9.44. The van der Waals surface area contributed by atoms with Gasteiger partial charge in [0.05, 0.1) is 22.9 Å². The number of aromatic nitrogens is 1. The quantitative estimate of drug-likeness (QED) is 0.492. The Morgan fingerprint density at radius 3 is 2.59 bits per heavy atom. The number of amides is 1. The van der Waals surface area contributed by atoms with Gasteiger partial charge in [0, 0.05) is 17.5 Å². The number of carbonyl (C=O) groups is 1. The largest absolute Gasteiger partial charge is 0.490 e. The van der Waals surface area contributed by atoms with Gasteiger partial charge in [-0.05, 0) is 57.3 Å². The summed E-state index contributed by atoms with van der Waals surface area (Å²) in [5.41, 5.74) is 11.1. The number of nitrogens with two attached hydrogens (primary N) is 1. The normalized spacial score (nSPS) is 10.8. The molecule has 6 nitrogen and oxygen atoms in total. The molecule has 0 radical (unpaired) electrons. The van der Waals surface area contributed by atoms with Crippen molar-refractivity contribution in [3.8, 4) is 17.0 Å². The van der Waals surface area contributed by atoms with Gasteiger partial charge in [-0.25, -0.2) is 4.98 Å². The summed E-state index contributed by atoms with van der Waals surface area (Å²) in [6, 6.07) is 17.0. The average molecular weight is 409 g/mol. The van der Waals surface area contributed by atoms with E-state index in [4.69, 9.17) is 27.7 Å². The van der Waals surface area contributed by atoms with Gasteiger partial charge < -0.3 is 10.5 Å². The summed E-state index contributed by atoms with van der Waals surface area (Å²) >= 11 is 5.00.